The molecule has 1 N–H and O–H groups in total. The maximum absolute atomic E-state index is 11.2. The lowest BCUT2D eigenvalue weighted by Crippen LogP contribution is -2.45. The van der Waals surface area contributed by atoms with Gasteiger partial charge in [0.05, 0.1) is 6.20 Å². The molecule has 2 rings (SSSR count). The molecule has 0 aromatic carbocycles. The van der Waals surface area contributed by atoms with Crippen LogP contribution in [0.2, 0.25) is 5.02 Å². The number of nitrogens with one attached hydrogen (secondary N) is 1. The fourth-order valence-corrected chi connectivity index (χ4v) is 2.28. The predicted molar refractivity (Wildman–Crippen MR) is 63.8 cm³/mol. The van der Waals surface area contributed by atoms with Crippen molar-refractivity contribution in [1.29, 1.82) is 0 Å². The Morgan fingerprint density at radius 2 is 2.38 bits per heavy atom. The Kier molecular flexibility index (Phi) is 3.61. The second-order valence-electron chi connectivity index (χ2n) is 4.51. The summed E-state index contributed by atoms with van der Waals surface area (Å²) >= 11 is 5.88. The molecular weight excluding hydrogens is 226 g/mol. The molecule has 0 atom stereocenters. The van der Waals surface area contributed by atoms with E-state index in [0.29, 0.717) is 0 Å². The molecule has 0 saturated carbocycles. The SMILES string of the molecule is CC1CN(CCCc2cn[nH]c(=O)c2Cl)C1. The second kappa shape index (κ2) is 4.97. The summed E-state index contributed by atoms with van der Waals surface area (Å²) in [5.41, 5.74) is 0.552. The fourth-order valence-electron chi connectivity index (χ4n) is 2.10. The third-order valence-corrected chi connectivity index (χ3v) is 3.34. The van der Waals surface area contributed by atoms with Gasteiger partial charge in [0, 0.05) is 13.1 Å². The molecule has 1 aromatic rings. The molecule has 1 aromatic heterocycles. The zero-order valence-corrected chi connectivity index (χ0v) is 10.1. The minimum absolute atomic E-state index is 0.284. The smallest absolute Gasteiger partial charge is 0.283 e. The van der Waals surface area contributed by atoms with E-state index in [1.807, 2.05) is 0 Å². The Balaban J connectivity index is 1.81. The van der Waals surface area contributed by atoms with Gasteiger partial charge in [-0.2, -0.15) is 5.10 Å². The van der Waals surface area contributed by atoms with Gasteiger partial charge in [-0.3, -0.25) is 4.79 Å². The van der Waals surface area contributed by atoms with Crippen molar-refractivity contribution >= 4 is 11.6 Å². The Morgan fingerprint density at radius 3 is 3.06 bits per heavy atom. The number of aromatic nitrogens is 2. The molecule has 0 unspecified atom stereocenters. The maximum atomic E-state index is 11.2. The first kappa shape index (κ1) is 11.6. The monoisotopic (exact) mass is 241 g/mol. The number of likely N-dealkylation sites (tertiary alicyclic amines) is 1. The quantitative estimate of drug-likeness (QED) is 0.865. The standard InChI is InChI=1S/C11H16ClN3O/c1-8-6-15(7-8)4-2-3-9-5-13-14-11(16)10(9)12/h5,8H,2-4,6-7H2,1H3,(H,14,16). The summed E-state index contributed by atoms with van der Waals surface area (Å²) < 4.78 is 0. The number of halogens is 1. The lowest BCUT2D eigenvalue weighted by molar-refractivity contribution is 0.112. The van der Waals surface area contributed by atoms with E-state index < -0.39 is 0 Å². The first-order chi connectivity index (χ1) is 7.66. The summed E-state index contributed by atoms with van der Waals surface area (Å²) in [4.78, 5) is 13.6. The Hall–Kier alpha value is -0.870. The summed E-state index contributed by atoms with van der Waals surface area (Å²) in [7, 11) is 0. The van der Waals surface area contributed by atoms with Crippen LogP contribution in [0, 0.1) is 5.92 Å². The normalized spacial score (nSPS) is 17.4. The highest BCUT2D eigenvalue weighted by atomic mass is 35.5. The molecule has 0 radical (unpaired) electrons. The number of rotatable bonds is 4. The van der Waals surface area contributed by atoms with E-state index in [1.54, 1.807) is 6.20 Å². The van der Waals surface area contributed by atoms with Gasteiger partial charge in [0.2, 0.25) is 0 Å². The molecule has 1 fully saturated rings. The first-order valence-electron chi connectivity index (χ1n) is 5.61. The molecule has 2 heterocycles. The first-order valence-corrected chi connectivity index (χ1v) is 5.99. The summed E-state index contributed by atoms with van der Waals surface area (Å²) in [6.45, 7) is 5.73. The van der Waals surface area contributed by atoms with Crippen LogP contribution in [-0.4, -0.2) is 34.7 Å². The van der Waals surface area contributed by atoms with E-state index >= 15 is 0 Å². The zero-order chi connectivity index (χ0) is 11.5. The Bertz CT molecular complexity index is 412. The van der Waals surface area contributed by atoms with Crippen LogP contribution < -0.4 is 5.56 Å². The van der Waals surface area contributed by atoms with Crippen LogP contribution in [0.15, 0.2) is 11.0 Å². The van der Waals surface area contributed by atoms with Gasteiger partial charge in [-0.1, -0.05) is 18.5 Å². The molecular formula is C11H16ClN3O. The van der Waals surface area contributed by atoms with Gasteiger partial charge in [0.15, 0.2) is 0 Å². The van der Waals surface area contributed by atoms with Gasteiger partial charge >= 0.3 is 0 Å². The molecule has 0 spiro atoms. The van der Waals surface area contributed by atoms with Crippen LogP contribution in [0.25, 0.3) is 0 Å². The van der Waals surface area contributed by atoms with Crippen LogP contribution in [-0.2, 0) is 6.42 Å². The average molecular weight is 242 g/mol. The highest BCUT2D eigenvalue weighted by Gasteiger charge is 2.21. The third kappa shape index (κ3) is 2.62. The molecule has 88 valence electrons. The van der Waals surface area contributed by atoms with E-state index in [4.69, 9.17) is 11.6 Å². The van der Waals surface area contributed by atoms with Crippen LogP contribution >= 0.6 is 11.6 Å². The second-order valence-corrected chi connectivity index (χ2v) is 4.88. The van der Waals surface area contributed by atoms with Crippen LogP contribution in [0.1, 0.15) is 18.9 Å². The molecule has 16 heavy (non-hydrogen) atoms. The van der Waals surface area contributed by atoms with Crippen molar-refractivity contribution in [2.24, 2.45) is 5.92 Å². The highest BCUT2D eigenvalue weighted by molar-refractivity contribution is 6.31. The van der Waals surface area contributed by atoms with Crippen molar-refractivity contribution in [2.75, 3.05) is 19.6 Å². The highest BCUT2D eigenvalue weighted by Crippen LogP contribution is 2.16. The van der Waals surface area contributed by atoms with Crippen molar-refractivity contribution in [3.63, 3.8) is 0 Å². The minimum Gasteiger partial charge on any atom is -0.303 e. The average Bonchev–Trinajstić information content (AvgIpc) is 2.21. The van der Waals surface area contributed by atoms with Gasteiger partial charge in [0.25, 0.3) is 5.56 Å². The molecule has 0 bridgehead atoms. The van der Waals surface area contributed by atoms with Gasteiger partial charge in [0.1, 0.15) is 5.02 Å². The molecule has 1 aliphatic heterocycles. The number of hydrogen-bond acceptors (Lipinski definition) is 3. The minimum atomic E-state index is -0.295. The van der Waals surface area contributed by atoms with Crippen molar-refractivity contribution in [1.82, 2.24) is 15.1 Å². The largest absolute Gasteiger partial charge is 0.303 e. The number of aromatic amines is 1. The summed E-state index contributed by atoms with van der Waals surface area (Å²) in [6, 6.07) is 0. The number of H-pyrrole nitrogens is 1. The molecule has 0 amide bonds. The molecule has 5 heteroatoms. The van der Waals surface area contributed by atoms with E-state index in [2.05, 4.69) is 22.0 Å². The number of nitrogens with zero attached hydrogens (tertiary/aromatic N) is 2. The summed E-state index contributed by atoms with van der Waals surface area (Å²) in [5.74, 6) is 0.838. The van der Waals surface area contributed by atoms with Gasteiger partial charge in [-0.15, -0.1) is 0 Å². The van der Waals surface area contributed by atoms with Gasteiger partial charge in [-0.25, -0.2) is 5.10 Å². The predicted octanol–water partition coefficient (Wildman–Crippen LogP) is 1.31. The van der Waals surface area contributed by atoms with Crippen molar-refractivity contribution in [3.8, 4) is 0 Å². The number of aryl methyl sites for hydroxylation is 1. The van der Waals surface area contributed by atoms with Crippen molar-refractivity contribution in [3.05, 3.63) is 27.1 Å². The number of hydrogen-bond donors (Lipinski definition) is 1. The Morgan fingerprint density at radius 1 is 1.62 bits per heavy atom. The van der Waals surface area contributed by atoms with Gasteiger partial charge in [-0.05, 0) is 30.9 Å². The summed E-state index contributed by atoms with van der Waals surface area (Å²) in [5, 5.41) is 6.36. The van der Waals surface area contributed by atoms with Crippen molar-refractivity contribution in [2.45, 2.75) is 19.8 Å². The zero-order valence-electron chi connectivity index (χ0n) is 9.37. The van der Waals surface area contributed by atoms with E-state index in [0.717, 1.165) is 30.9 Å². The fraction of sp³-hybridized carbons (Fsp3) is 0.636. The Labute approximate surface area is 99.6 Å². The summed E-state index contributed by atoms with van der Waals surface area (Å²) in [6.07, 6.45) is 3.49. The molecule has 1 saturated heterocycles. The van der Waals surface area contributed by atoms with E-state index in [1.165, 1.54) is 13.1 Å². The lowest BCUT2D eigenvalue weighted by Gasteiger charge is -2.37. The lowest BCUT2D eigenvalue weighted by atomic mass is 10.0. The maximum Gasteiger partial charge on any atom is 0.283 e. The third-order valence-electron chi connectivity index (χ3n) is 2.93. The van der Waals surface area contributed by atoms with E-state index in [9.17, 15) is 4.79 Å². The van der Waals surface area contributed by atoms with Crippen molar-refractivity contribution < 1.29 is 0 Å². The molecule has 4 nitrogen and oxygen atoms in total. The van der Waals surface area contributed by atoms with Crippen LogP contribution in [0.4, 0.5) is 0 Å². The van der Waals surface area contributed by atoms with E-state index in [-0.39, 0.29) is 10.6 Å². The molecule has 1 aliphatic rings. The van der Waals surface area contributed by atoms with Gasteiger partial charge < -0.3 is 4.90 Å². The van der Waals surface area contributed by atoms with Crippen LogP contribution in [0.3, 0.4) is 0 Å². The molecule has 0 aliphatic carbocycles. The van der Waals surface area contributed by atoms with Crippen LogP contribution in [0.5, 0.6) is 0 Å². The topological polar surface area (TPSA) is 49.0 Å².